The molecule has 0 fully saturated rings. The van der Waals surface area contributed by atoms with Crippen LogP contribution in [0.25, 0.3) is 22.1 Å². The molecule has 3 aromatic carbocycles. The van der Waals surface area contributed by atoms with Crippen molar-refractivity contribution in [1.82, 2.24) is 5.32 Å². The quantitative estimate of drug-likeness (QED) is 0.441. The lowest BCUT2D eigenvalue weighted by molar-refractivity contribution is -0.308. The summed E-state index contributed by atoms with van der Waals surface area (Å²) in [6, 6.07) is 22.7. The first-order chi connectivity index (χ1) is 15.9. The molecule has 4 aromatic rings. The third-order valence-electron chi connectivity index (χ3n) is 5.14. The van der Waals surface area contributed by atoms with Gasteiger partial charge in [0.1, 0.15) is 11.3 Å². The SMILES string of the molecule is C[C@@H](Oc1ccc2c(-c3ccccc3)cc(=O)oc2c1)C(=O)N[C@H](C(=O)[O-])c1ccccc1. The number of carbonyl (C=O) groups is 2. The van der Waals surface area contributed by atoms with E-state index in [0.717, 1.165) is 11.1 Å². The Balaban J connectivity index is 1.55. The van der Waals surface area contributed by atoms with Crippen LogP contribution in [-0.4, -0.2) is 18.0 Å². The van der Waals surface area contributed by atoms with Crippen LogP contribution in [0.2, 0.25) is 0 Å². The number of fused-ring (bicyclic) bond motifs is 1. The van der Waals surface area contributed by atoms with Crippen molar-refractivity contribution in [3.63, 3.8) is 0 Å². The number of carboxylic acids is 1. The molecule has 0 spiro atoms. The average Bonchev–Trinajstić information content (AvgIpc) is 2.82. The van der Waals surface area contributed by atoms with Gasteiger partial charge in [-0.15, -0.1) is 0 Å². The Hall–Kier alpha value is -4.39. The number of nitrogens with one attached hydrogen (secondary N) is 1. The smallest absolute Gasteiger partial charge is 0.336 e. The Kier molecular flexibility index (Phi) is 6.22. The predicted molar refractivity (Wildman–Crippen MR) is 120 cm³/mol. The second-order valence-electron chi connectivity index (χ2n) is 7.43. The average molecular weight is 442 g/mol. The lowest BCUT2D eigenvalue weighted by Crippen LogP contribution is -2.45. The van der Waals surface area contributed by atoms with Crippen molar-refractivity contribution in [2.24, 2.45) is 0 Å². The molecular formula is C26H20NO6-. The Morgan fingerprint density at radius 2 is 1.61 bits per heavy atom. The van der Waals surface area contributed by atoms with E-state index in [1.165, 1.54) is 19.1 Å². The number of amides is 1. The molecule has 33 heavy (non-hydrogen) atoms. The maximum absolute atomic E-state index is 12.6. The van der Waals surface area contributed by atoms with Gasteiger partial charge in [-0.3, -0.25) is 4.79 Å². The Bertz CT molecular complexity index is 1350. The van der Waals surface area contributed by atoms with E-state index in [4.69, 9.17) is 9.15 Å². The van der Waals surface area contributed by atoms with Crippen LogP contribution in [0, 0.1) is 0 Å². The fraction of sp³-hybridized carbons (Fsp3) is 0.115. The molecule has 0 aliphatic heterocycles. The minimum atomic E-state index is -1.43. The number of aliphatic carboxylic acids is 1. The number of benzene rings is 3. The summed E-state index contributed by atoms with van der Waals surface area (Å²) in [6.07, 6.45) is -1.02. The molecule has 0 radical (unpaired) electrons. The summed E-state index contributed by atoms with van der Waals surface area (Å²) in [4.78, 5) is 36.2. The van der Waals surface area contributed by atoms with Crippen LogP contribution in [0.5, 0.6) is 5.75 Å². The summed E-state index contributed by atoms with van der Waals surface area (Å²) in [5.41, 5.74) is 1.77. The maximum atomic E-state index is 12.6. The third kappa shape index (κ3) is 4.93. The lowest BCUT2D eigenvalue weighted by atomic mass is 10.0. The first-order valence-electron chi connectivity index (χ1n) is 10.3. The Morgan fingerprint density at radius 1 is 0.939 bits per heavy atom. The first-order valence-corrected chi connectivity index (χ1v) is 10.3. The van der Waals surface area contributed by atoms with Crippen molar-refractivity contribution in [2.75, 3.05) is 0 Å². The topological polar surface area (TPSA) is 109 Å². The summed E-state index contributed by atoms with van der Waals surface area (Å²) >= 11 is 0. The zero-order chi connectivity index (χ0) is 23.4. The highest BCUT2D eigenvalue weighted by Crippen LogP contribution is 2.30. The Labute approximate surface area is 189 Å². The summed E-state index contributed by atoms with van der Waals surface area (Å²) < 4.78 is 11.0. The summed E-state index contributed by atoms with van der Waals surface area (Å²) in [5, 5.41) is 14.7. The van der Waals surface area contributed by atoms with E-state index in [9.17, 15) is 19.5 Å². The zero-order valence-corrected chi connectivity index (χ0v) is 17.7. The monoisotopic (exact) mass is 442 g/mol. The van der Waals surface area contributed by atoms with Gasteiger partial charge in [-0.25, -0.2) is 4.79 Å². The Morgan fingerprint density at radius 3 is 2.27 bits per heavy atom. The van der Waals surface area contributed by atoms with E-state index >= 15 is 0 Å². The van der Waals surface area contributed by atoms with Crippen molar-refractivity contribution in [3.8, 4) is 16.9 Å². The van der Waals surface area contributed by atoms with Crippen molar-refractivity contribution < 1.29 is 23.8 Å². The summed E-state index contributed by atoms with van der Waals surface area (Å²) in [5.74, 6) is -1.77. The number of rotatable bonds is 7. The maximum Gasteiger partial charge on any atom is 0.336 e. The minimum absolute atomic E-state index is 0.295. The van der Waals surface area contributed by atoms with Gasteiger partial charge in [-0.05, 0) is 35.7 Å². The fourth-order valence-corrected chi connectivity index (χ4v) is 3.51. The van der Waals surface area contributed by atoms with Crippen LogP contribution >= 0.6 is 0 Å². The van der Waals surface area contributed by atoms with Crippen LogP contribution in [0.4, 0.5) is 0 Å². The van der Waals surface area contributed by atoms with Gasteiger partial charge in [0.2, 0.25) is 0 Å². The molecule has 1 N–H and O–H groups in total. The largest absolute Gasteiger partial charge is 0.548 e. The molecule has 0 saturated carbocycles. The molecule has 0 bridgehead atoms. The molecule has 2 atom stereocenters. The summed E-state index contributed by atoms with van der Waals surface area (Å²) in [7, 11) is 0. The van der Waals surface area contributed by atoms with Gasteiger partial charge < -0.3 is 24.4 Å². The molecule has 1 amide bonds. The van der Waals surface area contributed by atoms with Crippen LogP contribution in [0.1, 0.15) is 18.5 Å². The van der Waals surface area contributed by atoms with Crippen LogP contribution < -0.4 is 20.8 Å². The number of hydrogen-bond acceptors (Lipinski definition) is 6. The predicted octanol–water partition coefficient (Wildman–Crippen LogP) is 2.83. The highest BCUT2D eigenvalue weighted by Gasteiger charge is 2.21. The van der Waals surface area contributed by atoms with Gasteiger partial charge in [0.15, 0.2) is 6.10 Å². The molecule has 0 saturated heterocycles. The molecule has 4 rings (SSSR count). The van der Waals surface area contributed by atoms with Crippen LogP contribution in [0.15, 0.2) is 94.1 Å². The van der Waals surface area contributed by atoms with Crippen molar-refractivity contribution in [2.45, 2.75) is 19.1 Å². The molecule has 1 heterocycles. The van der Waals surface area contributed by atoms with Crippen molar-refractivity contribution in [1.29, 1.82) is 0 Å². The van der Waals surface area contributed by atoms with Gasteiger partial charge >= 0.3 is 5.63 Å². The zero-order valence-electron chi connectivity index (χ0n) is 17.7. The van der Waals surface area contributed by atoms with E-state index in [-0.39, 0.29) is 0 Å². The molecule has 7 nitrogen and oxygen atoms in total. The van der Waals surface area contributed by atoms with Gasteiger partial charge in [0.05, 0.1) is 12.0 Å². The summed E-state index contributed by atoms with van der Waals surface area (Å²) in [6.45, 7) is 1.49. The number of ether oxygens (including phenoxy) is 1. The van der Waals surface area contributed by atoms with E-state index in [1.807, 2.05) is 30.3 Å². The standard InChI is InChI=1S/C26H21NO6/c1-16(25(29)27-24(26(30)31)18-10-6-3-7-11-18)32-19-12-13-20-21(17-8-4-2-5-9-17)15-23(28)33-22(20)14-19/h2-16,24H,1H3,(H,27,29)(H,30,31)/p-1/t16-,24+/m1/s1. The first kappa shape index (κ1) is 21.8. The fourth-order valence-electron chi connectivity index (χ4n) is 3.51. The van der Waals surface area contributed by atoms with E-state index in [2.05, 4.69) is 5.32 Å². The minimum Gasteiger partial charge on any atom is -0.548 e. The molecule has 1 aromatic heterocycles. The number of carbonyl (C=O) groups excluding carboxylic acids is 2. The molecular weight excluding hydrogens is 422 g/mol. The normalized spacial score (nSPS) is 12.6. The van der Waals surface area contributed by atoms with Crippen LogP contribution in [-0.2, 0) is 9.59 Å². The third-order valence-corrected chi connectivity index (χ3v) is 5.14. The van der Waals surface area contributed by atoms with Gasteiger partial charge in [0, 0.05) is 17.5 Å². The van der Waals surface area contributed by atoms with Gasteiger partial charge in [0.25, 0.3) is 5.91 Å². The van der Waals surface area contributed by atoms with Crippen LogP contribution in [0.3, 0.4) is 0 Å². The highest BCUT2D eigenvalue weighted by molar-refractivity contribution is 5.94. The molecule has 0 aliphatic carbocycles. The molecule has 166 valence electrons. The number of hydrogen-bond donors (Lipinski definition) is 1. The van der Waals surface area contributed by atoms with Gasteiger partial charge in [-0.1, -0.05) is 60.7 Å². The van der Waals surface area contributed by atoms with E-state index in [0.29, 0.717) is 22.3 Å². The van der Waals surface area contributed by atoms with Gasteiger partial charge in [-0.2, -0.15) is 0 Å². The molecule has 0 aliphatic rings. The van der Waals surface area contributed by atoms with Crippen molar-refractivity contribution in [3.05, 3.63) is 101 Å². The lowest BCUT2D eigenvalue weighted by Gasteiger charge is -2.22. The molecule has 0 unspecified atom stereocenters. The van der Waals surface area contributed by atoms with E-state index < -0.39 is 29.6 Å². The number of carboxylic acid groups (broad SMARTS) is 1. The second kappa shape index (κ2) is 9.40. The second-order valence-corrected chi connectivity index (χ2v) is 7.43. The highest BCUT2D eigenvalue weighted by atomic mass is 16.5. The molecule has 7 heteroatoms. The van der Waals surface area contributed by atoms with Crippen molar-refractivity contribution >= 4 is 22.8 Å². The van der Waals surface area contributed by atoms with E-state index in [1.54, 1.807) is 42.5 Å².